The molecule has 0 atom stereocenters. The summed E-state index contributed by atoms with van der Waals surface area (Å²) < 4.78 is 89.6. The number of benzene rings is 3. The number of nitro benzene ring substituents is 3. The van der Waals surface area contributed by atoms with Crippen molar-refractivity contribution in [3.8, 4) is 0 Å². The lowest BCUT2D eigenvalue weighted by Gasteiger charge is -1.99. The van der Waals surface area contributed by atoms with Gasteiger partial charge in [-0.25, -0.2) is 0 Å². The van der Waals surface area contributed by atoms with E-state index in [1.165, 1.54) is 6.07 Å². The molecule has 222 valence electrons. The Morgan fingerprint density at radius 3 is 1.17 bits per heavy atom. The SMILES string of the molecule is O=[N+]([O-])c1ccc(Cl)c(S(=O)(=O)O)c1.O=[N+]([O-])c1ccc(Cl)c(S(=O)(=O)O)c1.O=[N+]([O-])c1cccc(S(=O)(=O)O)c1. The average molecular weight is 678 g/mol. The van der Waals surface area contributed by atoms with E-state index in [0.29, 0.717) is 12.1 Å². The fraction of sp³-hybridized carbons (Fsp3) is 0. The first-order valence-electron chi connectivity index (χ1n) is 9.60. The van der Waals surface area contributed by atoms with Gasteiger partial charge in [-0.05, 0) is 18.2 Å². The molecule has 0 aliphatic heterocycles. The van der Waals surface area contributed by atoms with Crippen LogP contribution in [0.2, 0.25) is 10.0 Å². The molecule has 3 rings (SSSR count). The number of hydrogen-bond donors (Lipinski definition) is 3. The van der Waals surface area contributed by atoms with E-state index in [9.17, 15) is 55.6 Å². The topological polar surface area (TPSA) is 293 Å². The molecule has 3 aromatic rings. The number of rotatable bonds is 6. The summed E-state index contributed by atoms with van der Waals surface area (Å²) in [7, 11) is -13.4. The van der Waals surface area contributed by atoms with Crippen LogP contribution in [0.3, 0.4) is 0 Å². The summed E-state index contributed by atoms with van der Waals surface area (Å²) in [5.74, 6) is 0. The normalized spacial score (nSPS) is 11.2. The van der Waals surface area contributed by atoms with E-state index in [2.05, 4.69) is 0 Å². The standard InChI is InChI=1S/2C6H4ClNO5S.C6H5NO5S/c2*7-5-2-1-4(8(9)10)3-6(5)14(11,12)13;8-7(9)5-2-1-3-6(4-5)13(10,11)12/h2*1-3H,(H,11,12,13);1-4H,(H,10,11,12). The van der Waals surface area contributed by atoms with Gasteiger partial charge in [0.15, 0.2) is 0 Å². The lowest BCUT2D eigenvalue weighted by molar-refractivity contribution is -0.385. The minimum Gasteiger partial charge on any atom is -0.282 e. The second-order valence-corrected chi connectivity index (χ2v) is 11.9. The highest BCUT2D eigenvalue weighted by atomic mass is 35.5. The second-order valence-electron chi connectivity index (χ2n) is 6.92. The van der Waals surface area contributed by atoms with Gasteiger partial charge in [0.1, 0.15) is 14.7 Å². The summed E-state index contributed by atoms with van der Waals surface area (Å²) in [5.41, 5.74) is -1.29. The van der Waals surface area contributed by atoms with Crippen molar-refractivity contribution < 1.29 is 53.7 Å². The van der Waals surface area contributed by atoms with E-state index < -0.39 is 71.2 Å². The van der Waals surface area contributed by atoms with Crippen molar-refractivity contribution in [2.24, 2.45) is 0 Å². The monoisotopic (exact) mass is 677 g/mol. The Labute approximate surface area is 239 Å². The molecule has 0 bridgehead atoms. The van der Waals surface area contributed by atoms with Crippen LogP contribution < -0.4 is 0 Å². The fourth-order valence-electron chi connectivity index (χ4n) is 2.36. The quantitative estimate of drug-likeness (QED) is 0.190. The fourth-order valence-corrected chi connectivity index (χ4v) is 4.87. The molecule has 3 N–H and O–H groups in total. The Morgan fingerprint density at radius 2 is 0.878 bits per heavy atom. The van der Waals surface area contributed by atoms with Crippen LogP contribution in [0.15, 0.2) is 75.4 Å². The maximum Gasteiger partial charge on any atom is 0.296 e. The number of nitrogens with zero attached hydrogens (tertiary/aromatic N) is 3. The smallest absolute Gasteiger partial charge is 0.282 e. The molecule has 0 aliphatic carbocycles. The summed E-state index contributed by atoms with van der Waals surface area (Å²) in [6.45, 7) is 0. The van der Waals surface area contributed by atoms with Gasteiger partial charge in [0.05, 0.1) is 24.8 Å². The third-order valence-corrected chi connectivity index (χ3v) is 7.65. The molecule has 3 aromatic carbocycles. The number of halogens is 2. The van der Waals surface area contributed by atoms with E-state index in [1.807, 2.05) is 0 Å². The summed E-state index contributed by atoms with van der Waals surface area (Å²) in [4.78, 5) is 26.6. The van der Waals surface area contributed by atoms with Crippen LogP contribution in [0.25, 0.3) is 0 Å². The van der Waals surface area contributed by atoms with Gasteiger partial charge in [0, 0.05) is 36.4 Å². The summed E-state index contributed by atoms with van der Waals surface area (Å²) in [5, 5.41) is 30.2. The molecule has 0 unspecified atom stereocenters. The predicted octanol–water partition coefficient (Wildman–Crippen LogP) is 3.83. The zero-order valence-corrected chi connectivity index (χ0v) is 23.3. The number of nitro groups is 3. The van der Waals surface area contributed by atoms with E-state index >= 15 is 0 Å². The highest BCUT2D eigenvalue weighted by molar-refractivity contribution is 7.86. The molecule has 18 nitrogen and oxygen atoms in total. The number of hydrogen-bond acceptors (Lipinski definition) is 12. The van der Waals surface area contributed by atoms with Crippen LogP contribution in [0.1, 0.15) is 0 Å². The maximum atomic E-state index is 10.7. The van der Waals surface area contributed by atoms with Crippen molar-refractivity contribution in [1.29, 1.82) is 0 Å². The van der Waals surface area contributed by atoms with Crippen molar-refractivity contribution in [2.45, 2.75) is 14.7 Å². The maximum absolute atomic E-state index is 10.7. The molecule has 0 aromatic heterocycles. The van der Waals surface area contributed by atoms with Gasteiger partial charge in [0.2, 0.25) is 0 Å². The third-order valence-electron chi connectivity index (χ3n) is 4.13. The highest BCUT2D eigenvalue weighted by Gasteiger charge is 2.20. The molecule has 0 heterocycles. The van der Waals surface area contributed by atoms with Crippen LogP contribution in [-0.4, -0.2) is 53.7 Å². The first-order chi connectivity index (χ1) is 18.6. The molecule has 0 aliphatic rings. The Bertz CT molecular complexity index is 1740. The molecule has 0 saturated heterocycles. The minimum absolute atomic E-state index is 0.266. The van der Waals surface area contributed by atoms with Gasteiger partial charge in [-0.3, -0.25) is 44.0 Å². The molecule has 0 radical (unpaired) electrons. The van der Waals surface area contributed by atoms with Gasteiger partial charge in [0.25, 0.3) is 47.4 Å². The van der Waals surface area contributed by atoms with Crippen LogP contribution in [0.5, 0.6) is 0 Å². The van der Waals surface area contributed by atoms with Crippen molar-refractivity contribution in [3.05, 3.63) is 101 Å². The molecular weight excluding hydrogens is 665 g/mol. The Hall–Kier alpha value is -3.83. The molecule has 0 saturated carbocycles. The van der Waals surface area contributed by atoms with Crippen molar-refractivity contribution in [3.63, 3.8) is 0 Å². The Morgan fingerprint density at radius 1 is 0.537 bits per heavy atom. The minimum atomic E-state index is -4.53. The number of non-ortho nitro benzene ring substituents is 3. The van der Waals surface area contributed by atoms with Gasteiger partial charge < -0.3 is 0 Å². The Balaban J connectivity index is 0.000000308. The predicted molar refractivity (Wildman–Crippen MR) is 139 cm³/mol. The van der Waals surface area contributed by atoms with Crippen LogP contribution in [0.4, 0.5) is 17.1 Å². The summed E-state index contributed by atoms with van der Waals surface area (Å²) >= 11 is 10.8. The molecule has 0 spiro atoms. The molecule has 23 heteroatoms. The summed E-state index contributed by atoms with van der Waals surface area (Å²) in [6, 6.07) is 9.70. The zero-order chi connectivity index (χ0) is 31.9. The zero-order valence-electron chi connectivity index (χ0n) is 19.3. The van der Waals surface area contributed by atoms with Gasteiger partial charge in [-0.1, -0.05) is 29.3 Å². The highest BCUT2D eigenvalue weighted by Crippen LogP contribution is 2.26. The van der Waals surface area contributed by atoms with Crippen molar-refractivity contribution in [2.75, 3.05) is 0 Å². The molecule has 0 fully saturated rings. The van der Waals surface area contributed by atoms with Crippen molar-refractivity contribution in [1.82, 2.24) is 0 Å². The largest absolute Gasteiger partial charge is 0.296 e. The van der Waals surface area contributed by atoms with E-state index in [-0.39, 0.29) is 15.7 Å². The van der Waals surface area contributed by atoms with E-state index in [1.54, 1.807) is 0 Å². The third kappa shape index (κ3) is 10.9. The second kappa shape index (κ2) is 13.7. The van der Waals surface area contributed by atoms with Gasteiger partial charge in [-0.15, -0.1) is 0 Å². The van der Waals surface area contributed by atoms with Crippen LogP contribution in [0, 0.1) is 30.3 Å². The summed E-state index contributed by atoms with van der Waals surface area (Å²) in [6.07, 6.45) is 0. The molecule has 0 amide bonds. The van der Waals surface area contributed by atoms with Crippen LogP contribution >= 0.6 is 23.2 Å². The first-order valence-corrected chi connectivity index (χ1v) is 14.7. The van der Waals surface area contributed by atoms with E-state index in [4.69, 9.17) is 36.9 Å². The molecule has 41 heavy (non-hydrogen) atoms. The lowest BCUT2D eigenvalue weighted by Crippen LogP contribution is -2.00. The van der Waals surface area contributed by atoms with Gasteiger partial charge in [-0.2, -0.15) is 25.3 Å². The van der Waals surface area contributed by atoms with Crippen molar-refractivity contribution >= 4 is 70.6 Å². The average Bonchev–Trinajstić information content (AvgIpc) is 2.83. The van der Waals surface area contributed by atoms with Crippen LogP contribution in [-0.2, 0) is 30.4 Å². The van der Waals surface area contributed by atoms with Gasteiger partial charge >= 0.3 is 0 Å². The Kier molecular flexibility index (Phi) is 11.8. The van der Waals surface area contributed by atoms with E-state index in [0.717, 1.165) is 42.5 Å². The molecular formula is C18H13Cl2N3O15S3. The first kappa shape index (κ1) is 35.2. The lowest BCUT2D eigenvalue weighted by atomic mass is 10.3.